The molecule has 0 bridgehead atoms. The third kappa shape index (κ3) is 5.53. The Hall–Kier alpha value is -0.540. The largest absolute Gasteiger partial charge is 0.347 e. The molecule has 1 aromatic rings. The van der Waals surface area contributed by atoms with Crippen molar-refractivity contribution in [2.45, 2.75) is 46.6 Å². The average Bonchev–Trinajstić information content (AvgIpc) is 2.17. The van der Waals surface area contributed by atoms with Gasteiger partial charge in [-0.25, -0.2) is 0 Å². The van der Waals surface area contributed by atoms with Crippen molar-refractivity contribution < 1.29 is 4.79 Å². The first-order valence-electron chi connectivity index (χ1n) is 6.28. The van der Waals surface area contributed by atoms with Crippen LogP contribution >= 0.6 is 27.5 Å². The second-order valence-corrected chi connectivity index (χ2v) is 7.97. The number of carbonyl (C=O) groups excluding carboxylic acids is 1. The summed E-state index contributed by atoms with van der Waals surface area (Å²) >= 11 is 9.26. The molecule has 19 heavy (non-hydrogen) atoms. The summed E-state index contributed by atoms with van der Waals surface area (Å²) < 4.78 is 0.732. The normalized spacial score (nSPS) is 12.4. The van der Waals surface area contributed by atoms with Crippen molar-refractivity contribution in [3.63, 3.8) is 0 Å². The van der Waals surface area contributed by atoms with Crippen molar-refractivity contribution in [2.75, 3.05) is 0 Å². The second kappa shape index (κ2) is 5.84. The number of benzene rings is 1. The van der Waals surface area contributed by atoms with Gasteiger partial charge in [-0.15, -0.1) is 0 Å². The van der Waals surface area contributed by atoms with E-state index >= 15 is 0 Å². The first kappa shape index (κ1) is 16.5. The molecular formula is C15H21BrClNO. The van der Waals surface area contributed by atoms with Crippen LogP contribution in [0.5, 0.6) is 0 Å². The van der Waals surface area contributed by atoms with Gasteiger partial charge in [-0.3, -0.25) is 4.79 Å². The Morgan fingerprint density at radius 1 is 1.26 bits per heavy atom. The number of amides is 1. The van der Waals surface area contributed by atoms with E-state index in [0.717, 1.165) is 10.9 Å². The fourth-order valence-electron chi connectivity index (χ4n) is 2.39. The van der Waals surface area contributed by atoms with Crippen LogP contribution in [0.1, 0.15) is 51.4 Å². The first-order valence-corrected chi connectivity index (χ1v) is 7.45. The highest BCUT2D eigenvalue weighted by molar-refractivity contribution is 9.10. The molecular weight excluding hydrogens is 326 g/mol. The highest BCUT2D eigenvalue weighted by Crippen LogP contribution is 2.28. The summed E-state index contributed by atoms with van der Waals surface area (Å²) in [6.45, 7) is 10.6. The lowest BCUT2D eigenvalue weighted by atomic mass is 9.81. The van der Waals surface area contributed by atoms with Crippen molar-refractivity contribution in [3.05, 3.63) is 33.3 Å². The molecule has 0 aliphatic rings. The Kier molecular flexibility index (Phi) is 5.08. The second-order valence-electron chi connectivity index (χ2n) is 6.70. The quantitative estimate of drug-likeness (QED) is 0.815. The Bertz CT molecular complexity index is 478. The lowest BCUT2D eigenvalue weighted by molar-refractivity contribution is 0.0891. The van der Waals surface area contributed by atoms with Gasteiger partial charge in [0.1, 0.15) is 0 Å². The summed E-state index contributed by atoms with van der Waals surface area (Å²) in [5.41, 5.74) is 0.525. The molecule has 0 unspecified atom stereocenters. The van der Waals surface area contributed by atoms with Crippen LogP contribution in [-0.2, 0) is 0 Å². The van der Waals surface area contributed by atoms with Gasteiger partial charge in [-0.1, -0.05) is 32.4 Å². The minimum absolute atomic E-state index is 0.0772. The molecule has 0 aliphatic heterocycles. The van der Waals surface area contributed by atoms with E-state index in [-0.39, 0.29) is 16.9 Å². The molecule has 1 N–H and O–H groups in total. The highest BCUT2D eigenvalue weighted by atomic mass is 79.9. The third-order valence-corrected chi connectivity index (χ3v) is 3.82. The lowest BCUT2D eigenvalue weighted by Gasteiger charge is -2.33. The van der Waals surface area contributed by atoms with Gasteiger partial charge < -0.3 is 5.32 Å². The molecule has 0 aliphatic carbocycles. The maximum Gasteiger partial charge on any atom is 0.251 e. The molecule has 106 valence electrons. The van der Waals surface area contributed by atoms with E-state index < -0.39 is 0 Å². The summed E-state index contributed by atoms with van der Waals surface area (Å²) in [5, 5.41) is 3.68. The molecule has 0 saturated carbocycles. The van der Waals surface area contributed by atoms with Crippen molar-refractivity contribution in [2.24, 2.45) is 5.41 Å². The molecule has 0 aromatic heterocycles. The van der Waals surface area contributed by atoms with Crippen molar-refractivity contribution in [1.29, 1.82) is 0 Å². The van der Waals surface area contributed by atoms with E-state index in [9.17, 15) is 4.79 Å². The van der Waals surface area contributed by atoms with Crippen LogP contribution in [0.3, 0.4) is 0 Å². The topological polar surface area (TPSA) is 29.1 Å². The van der Waals surface area contributed by atoms with Crippen LogP contribution in [0.15, 0.2) is 22.7 Å². The number of rotatable bonds is 3. The van der Waals surface area contributed by atoms with E-state index in [2.05, 4.69) is 42.0 Å². The fraction of sp³-hybridized carbons (Fsp3) is 0.533. The highest BCUT2D eigenvalue weighted by Gasteiger charge is 2.27. The first-order chi connectivity index (χ1) is 8.50. The van der Waals surface area contributed by atoms with Crippen LogP contribution in [0, 0.1) is 5.41 Å². The Morgan fingerprint density at radius 3 is 2.32 bits per heavy atom. The maximum atomic E-state index is 12.2. The molecule has 0 fully saturated rings. The molecule has 1 rings (SSSR count). The number of hydrogen-bond acceptors (Lipinski definition) is 1. The number of nitrogens with one attached hydrogen (secondary N) is 1. The van der Waals surface area contributed by atoms with Crippen LogP contribution in [0.25, 0.3) is 0 Å². The van der Waals surface area contributed by atoms with Gasteiger partial charge in [0.2, 0.25) is 0 Å². The Morgan fingerprint density at radius 2 is 1.84 bits per heavy atom. The van der Waals surface area contributed by atoms with Crippen LogP contribution in [-0.4, -0.2) is 11.4 Å². The van der Waals surface area contributed by atoms with Crippen molar-refractivity contribution in [1.82, 2.24) is 5.32 Å². The van der Waals surface area contributed by atoms with Crippen molar-refractivity contribution in [3.8, 4) is 0 Å². The molecule has 0 spiro atoms. The fourth-order valence-corrected chi connectivity index (χ4v) is 2.88. The predicted octanol–water partition coefficient (Wildman–Crippen LogP) is 5.05. The van der Waals surface area contributed by atoms with Gasteiger partial charge in [0.25, 0.3) is 5.91 Å². The van der Waals surface area contributed by atoms with E-state index in [0.29, 0.717) is 10.6 Å². The molecule has 0 atom stereocenters. The van der Waals surface area contributed by atoms with E-state index in [1.54, 1.807) is 18.2 Å². The minimum atomic E-state index is -0.249. The summed E-state index contributed by atoms with van der Waals surface area (Å²) in [6.07, 6.45) is 0.903. The van der Waals surface area contributed by atoms with Crippen molar-refractivity contribution >= 4 is 33.4 Å². The zero-order valence-electron chi connectivity index (χ0n) is 12.1. The van der Waals surface area contributed by atoms with Gasteiger partial charge in [-0.2, -0.15) is 0 Å². The molecule has 1 aromatic carbocycles. The van der Waals surface area contributed by atoms with Gasteiger partial charge in [0.15, 0.2) is 0 Å². The summed E-state index contributed by atoms with van der Waals surface area (Å²) in [6, 6.07) is 5.19. The van der Waals surface area contributed by atoms with Gasteiger partial charge in [0.05, 0.1) is 5.02 Å². The van der Waals surface area contributed by atoms with Crippen LogP contribution < -0.4 is 5.32 Å². The zero-order valence-corrected chi connectivity index (χ0v) is 14.4. The minimum Gasteiger partial charge on any atom is -0.347 e. The zero-order chi connectivity index (χ0) is 14.8. The van der Waals surface area contributed by atoms with E-state index in [4.69, 9.17) is 11.6 Å². The summed E-state index contributed by atoms with van der Waals surface area (Å²) in [4.78, 5) is 12.2. The smallest absolute Gasteiger partial charge is 0.251 e. The molecule has 0 radical (unpaired) electrons. The average molecular weight is 347 g/mol. The molecule has 1 amide bonds. The van der Waals surface area contributed by atoms with E-state index in [1.165, 1.54) is 0 Å². The Balaban J connectivity index is 2.81. The summed E-state index contributed by atoms with van der Waals surface area (Å²) in [5.74, 6) is -0.0772. The molecule has 0 saturated heterocycles. The van der Waals surface area contributed by atoms with Crippen LogP contribution in [0.2, 0.25) is 5.02 Å². The van der Waals surface area contributed by atoms with Gasteiger partial charge in [-0.05, 0) is 59.8 Å². The number of hydrogen-bond donors (Lipinski definition) is 1. The van der Waals surface area contributed by atoms with Gasteiger partial charge >= 0.3 is 0 Å². The lowest BCUT2D eigenvalue weighted by Crippen LogP contribution is -2.45. The molecule has 2 nitrogen and oxygen atoms in total. The summed E-state index contributed by atoms with van der Waals surface area (Å²) in [7, 11) is 0. The SMILES string of the molecule is CC(C)(C)CC(C)(C)NC(=O)c1ccc(Cl)c(Br)c1. The van der Waals surface area contributed by atoms with Gasteiger partial charge in [0, 0.05) is 15.6 Å². The van der Waals surface area contributed by atoms with Crippen LogP contribution in [0.4, 0.5) is 0 Å². The Labute approximate surface area is 129 Å². The maximum absolute atomic E-state index is 12.2. The number of carbonyl (C=O) groups is 1. The number of halogens is 2. The molecule has 4 heteroatoms. The third-order valence-electron chi connectivity index (χ3n) is 2.61. The molecule has 0 heterocycles. The van der Waals surface area contributed by atoms with E-state index in [1.807, 2.05) is 13.8 Å². The predicted molar refractivity (Wildman–Crippen MR) is 84.8 cm³/mol. The monoisotopic (exact) mass is 345 g/mol. The standard InChI is InChI=1S/C15H21BrClNO/c1-14(2,3)9-15(4,5)18-13(19)10-6-7-12(17)11(16)8-10/h6-8H,9H2,1-5H3,(H,18,19).